The van der Waals surface area contributed by atoms with Gasteiger partial charge in [0, 0.05) is 18.6 Å². The fraction of sp³-hybridized carbons (Fsp3) is 0. The van der Waals surface area contributed by atoms with Gasteiger partial charge in [-0.1, -0.05) is 10.9 Å². The first-order chi connectivity index (χ1) is 2.50. The molecule has 1 heterocycles. The summed E-state index contributed by atoms with van der Waals surface area (Å²) in [5.74, 6) is 0. The summed E-state index contributed by atoms with van der Waals surface area (Å²) in [5.41, 5.74) is 1.74. The Labute approximate surface area is 52.3 Å². The molecule has 0 N–H and O–H groups in total. The summed E-state index contributed by atoms with van der Waals surface area (Å²) in [5, 5.41) is 1.81. The molecule has 0 aliphatic carbocycles. The van der Waals surface area contributed by atoms with Crippen LogP contribution in [0.2, 0.25) is 0 Å². The zero-order valence-electron chi connectivity index (χ0n) is 2.96. The Bertz CT molecular complexity index is 67.3. The van der Waals surface area contributed by atoms with Crippen LogP contribution in [0.25, 0.3) is 0 Å². The zero-order valence-corrected chi connectivity index (χ0v) is 5.17. The van der Waals surface area contributed by atoms with Crippen LogP contribution in [0.1, 0.15) is 0 Å². The van der Waals surface area contributed by atoms with Gasteiger partial charge in [-0.05, 0) is 0 Å². The summed E-state index contributed by atoms with van der Waals surface area (Å²) >= 11 is 1.55. The minimum absolute atomic E-state index is 0. The van der Waals surface area contributed by atoms with Crippen LogP contribution in [-0.2, 0) is 18.6 Å². The van der Waals surface area contributed by atoms with E-state index in [1.54, 1.807) is 22.2 Å². The van der Waals surface area contributed by atoms with Gasteiger partial charge in [0.25, 0.3) is 0 Å². The fourth-order valence-corrected chi connectivity index (χ4v) is 0.456. The summed E-state index contributed by atoms with van der Waals surface area (Å²) in [4.78, 5) is 3.62. The summed E-state index contributed by atoms with van der Waals surface area (Å²) in [6.45, 7) is 0. The molecule has 6 heavy (non-hydrogen) atoms. The van der Waals surface area contributed by atoms with E-state index >= 15 is 0 Å². The van der Waals surface area contributed by atoms with Gasteiger partial charge in [-0.15, -0.1) is 6.20 Å². The standard InChI is InChI=1S/C3H2NS.V/c1-2-5-3-4-1;/h2-3H;/q-1;. The summed E-state index contributed by atoms with van der Waals surface area (Å²) < 4.78 is 0. The van der Waals surface area contributed by atoms with E-state index < -0.39 is 0 Å². The van der Waals surface area contributed by atoms with E-state index in [2.05, 4.69) is 11.2 Å². The maximum absolute atomic E-state index is 3.62. The quantitative estimate of drug-likeness (QED) is 0.482. The molecule has 0 spiro atoms. The Hall–Kier alpha value is 0.214. The topological polar surface area (TPSA) is 12.9 Å². The van der Waals surface area contributed by atoms with Crippen molar-refractivity contribution in [3.8, 4) is 0 Å². The van der Waals surface area contributed by atoms with Crippen molar-refractivity contribution >= 4 is 11.3 Å². The van der Waals surface area contributed by atoms with Crippen LogP contribution in [0.3, 0.4) is 0 Å². The first-order valence-corrected chi connectivity index (χ1v) is 2.18. The van der Waals surface area contributed by atoms with Crippen molar-refractivity contribution in [3.63, 3.8) is 0 Å². The monoisotopic (exact) mass is 135 g/mol. The molecule has 0 unspecified atom stereocenters. The van der Waals surface area contributed by atoms with Crippen molar-refractivity contribution < 1.29 is 18.6 Å². The molecule has 1 aromatic heterocycles. The Kier molecular flexibility index (Phi) is 3.53. The first-order valence-electron chi connectivity index (χ1n) is 1.24. The average Bonchev–Trinajstić information content (AvgIpc) is 1.76. The molecule has 0 atom stereocenters. The van der Waals surface area contributed by atoms with Crippen LogP contribution < -0.4 is 0 Å². The Morgan fingerprint density at radius 2 is 2.50 bits per heavy atom. The van der Waals surface area contributed by atoms with E-state index in [1.807, 2.05) is 0 Å². The van der Waals surface area contributed by atoms with Crippen LogP contribution >= 0.6 is 11.3 Å². The Morgan fingerprint density at radius 3 is 2.67 bits per heavy atom. The van der Waals surface area contributed by atoms with Crippen LogP contribution in [0.4, 0.5) is 0 Å². The molecule has 0 aromatic carbocycles. The van der Waals surface area contributed by atoms with Crippen molar-refractivity contribution in [2.24, 2.45) is 0 Å². The molecule has 3 heteroatoms. The van der Waals surface area contributed by atoms with E-state index in [1.165, 1.54) is 0 Å². The summed E-state index contributed by atoms with van der Waals surface area (Å²) in [6.07, 6.45) is 2.63. The molecule has 0 saturated carbocycles. The molecule has 1 nitrogen and oxygen atoms in total. The van der Waals surface area contributed by atoms with E-state index in [0.29, 0.717) is 0 Å². The van der Waals surface area contributed by atoms with Crippen LogP contribution in [-0.4, -0.2) is 4.98 Å². The molecule has 0 aliphatic rings. The third-order valence-electron chi connectivity index (χ3n) is 0.309. The predicted octanol–water partition coefficient (Wildman–Crippen LogP) is 0.941. The molecule has 31 valence electrons. The predicted molar refractivity (Wildman–Crippen MR) is 20.9 cm³/mol. The molecular weight excluding hydrogens is 133 g/mol. The molecule has 0 fully saturated rings. The van der Waals surface area contributed by atoms with Gasteiger partial charge in [-0.25, -0.2) is 0 Å². The van der Waals surface area contributed by atoms with Crippen molar-refractivity contribution in [1.29, 1.82) is 0 Å². The minimum atomic E-state index is 0. The number of hydrogen-bond acceptors (Lipinski definition) is 2. The number of hydrogen-bond donors (Lipinski definition) is 0. The smallest absolute Gasteiger partial charge is 0 e. The van der Waals surface area contributed by atoms with Gasteiger partial charge < -0.3 is 4.98 Å². The second-order valence-corrected chi connectivity index (χ2v) is 1.34. The van der Waals surface area contributed by atoms with Gasteiger partial charge in [0.15, 0.2) is 0 Å². The van der Waals surface area contributed by atoms with E-state index in [0.717, 1.165) is 0 Å². The summed E-state index contributed by atoms with van der Waals surface area (Å²) in [6, 6.07) is 0. The van der Waals surface area contributed by atoms with E-state index in [9.17, 15) is 0 Å². The molecule has 0 saturated heterocycles. The largest absolute Gasteiger partial charge is 0.448 e. The molecule has 1 radical (unpaired) electrons. The van der Waals surface area contributed by atoms with Crippen molar-refractivity contribution in [2.75, 3.05) is 0 Å². The molecule has 0 aliphatic heterocycles. The molecule has 1 rings (SSSR count). The van der Waals surface area contributed by atoms with Crippen molar-refractivity contribution in [3.05, 3.63) is 17.1 Å². The van der Waals surface area contributed by atoms with Gasteiger partial charge in [0.1, 0.15) is 0 Å². The second-order valence-electron chi connectivity index (χ2n) is 0.618. The van der Waals surface area contributed by atoms with E-state index in [4.69, 9.17) is 0 Å². The SMILES string of the molecule is [V].[c-]1cscn1. The van der Waals surface area contributed by atoms with Crippen molar-refractivity contribution in [1.82, 2.24) is 4.98 Å². The first kappa shape index (κ1) is 6.21. The Balaban J connectivity index is 0.000000250. The Morgan fingerprint density at radius 1 is 1.67 bits per heavy atom. The third-order valence-corrected chi connectivity index (χ3v) is 0.777. The molecule has 0 amide bonds. The van der Waals surface area contributed by atoms with Crippen LogP contribution in [0.5, 0.6) is 0 Å². The van der Waals surface area contributed by atoms with Gasteiger partial charge in [-0.2, -0.15) is 0 Å². The number of nitrogens with zero attached hydrogens (tertiary/aromatic N) is 1. The summed E-state index contributed by atoms with van der Waals surface area (Å²) in [7, 11) is 0. The fourth-order valence-electron chi connectivity index (χ4n) is 0.152. The maximum Gasteiger partial charge on any atom is 0 e. The minimum Gasteiger partial charge on any atom is -0.448 e. The molecular formula is C3H2NSV-. The second kappa shape index (κ2) is 3.41. The van der Waals surface area contributed by atoms with Gasteiger partial charge in [-0.3, -0.25) is 11.3 Å². The van der Waals surface area contributed by atoms with Crippen LogP contribution in [0, 0.1) is 6.20 Å². The molecule has 1 aromatic rings. The third kappa shape index (κ3) is 1.60. The number of aromatic nitrogens is 1. The number of thiazole rings is 1. The maximum atomic E-state index is 3.62. The van der Waals surface area contributed by atoms with Gasteiger partial charge in [0.2, 0.25) is 0 Å². The zero-order chi connectivity index (χ0) is 3.54. The molecule has 0 bridgehead atoms. The average molecular weight is 135 g/mol. The van der Waals surface area contributed by atoms with Crippen molar-refractivity contribution in [2.45, 2.75) is 0 Å². The normalized spacial score (nSPS) is 6.67. The van der Waals surface area contributed by atoms with E-state index in [-0.39, 0.29) is 18.6 Å². The number of rotatable bonds is 0. The van der Waals surface area contributed by atoms with Crippen LogP contribution in [0.15, 0.2) is 10.9 Å². The van der Waals surface area contributed by atoms with Gasteiger partial charge in [0.05, 0.1) is 0 Å². The van der Waals surface area contributed by atoms with Gasteiger partial charge >= 0.3 is 0 Å².